The number of rotatable bonds is 9. The van der Waals surface area contributed by atoms with Gasteiger partial charge in [-0.2, -0.15) is 0 Å². The van der Waals surface area contributed by atoms with E-state index in [1.54, 1.807) is 7.05 Å². The Balaban J connectivity index is 1.41. The van der Waals surface area contributed by atoms with Crippen molar-refractivity contribution in [1.82, 2.24) is 29.8 Å². The third-order valence-electron chi connectivity index (χ3n) is 8.27. The SMILES string of the molecule is CN[C@@H](C)C(=O)N[C@H](C(=O)N1CCC[C@H]1c1cn2cccc(-c3ccc(CN(C)C)cc3)c2n1)C1CCOCC1. The molecule has 5 rings (SSSR count). The van der Waals surface area contributed by atoms with E-state index in [0.717, 1.165) is 54.7 Å². The molecule has 0 radical (unpaired) electrons. The Morgan fingerprint density at radius 3 is 2.58 bits per heavy atom. The highest BCUT2D eigenvalue weighted by Gasteiger charge is 2.40. The number of aromatic nitrogens is 2. The van der Waals surface area contributed by atoms with Crippen molar-refractivity contribution in [2.75, 3.05) is 40.9 Å². The van der Waals surface area contributed by atoms with Gasteiger partial charge in [0.2, 0.25) is 11.8 Å². The monoisotopic (exact) mass is 546 g/mol. The van der Waals surface area contributed by atoms with E-state index < -0.39 is 6.04 Å². The van der Waals surface area contributed by atoms with Gasteiger partial charge < -0.3 is 29.6 Å². The molecule has 0 spiro atoms. The molecule has 0 saturated carbocycles. The van der Waals surface area contributed by atoms with E-state index >= 15 is 0 Å². The molecule has 0 aliphatic carbocycles. The van der Waals surface area contributed by atoms with Gasteiger partial charge in [0.05, 0.1) is 17.8 Å². The Hall–Kier alpha value is -3.27. The van der Waals surface area contributed by atoms with Gasteiger partial charge in [-0.3, -0.25) is 9.59 Å². The first-order valence-corrected chi connectivity index (χ1v) is 14.4. The molecule has 0 unspecified atom stereocenters. The van der Waals surface area contributed by atoms with E-state index in [1.807, 2.05) is 24.1 Å². The highest BCUT2D eigenvalue weighted by molar-refractivity contribution is 5.90. The van der Waals surface area contributed by atoms with Crippen molar-refractivity contribution in [3.05, 3.63) is 60.0 Å². The quantitative estimate of drug-likeness (QED) is 0.428. The predicted molar refractivity (Wildman–Crippen MR) is 156 cm³/mol. The summed E-state index contributed by atoms with van der Waals surface area (Å²) >= 11 is 0. The number of nitrogens with one attached hydrogen (secondary N) is 2. The molecule has 3 aromatic rings. The largest absolute Gasteiger partial charge is 0.381 e. The van der Waals surface area contributed by atoms with Gasteiger partial charge in [-0.05, 0) is 82.9 Å². The molecule has 2 saturated heterocycles. The number of ether oxygens (including phenoxy) is 1. The van der Waals surface area contributed by atoms with Crippen molar-refractivity contribution in [2.24, 2.45) is 5.92 Å². The molecule has 2 aliphatic heterocycles. The molecule has 40 heavy (non-hydrogen) atoms. The van der Waals surface area contributed by atoms with Crippen LogP contribution in [-0.4, -0.2) is 84.0 Å². The molecule has 4 heterocycles. The maximum atomic E-state index is 14.1. The number of carbonyl (C=O) groups is 2. The smallest absolute Gasteiger partial charge is 0.246 e. The summed E-state index contributed by atoms with van der Waals surface area (Å²) in [7, 11) is 5.89. The summed E-state index contributed by atoms with van der Waals surface area (Å²) in [5.41, 5.74) is 5.22. The molecule has 2 fully saturated rings. The van der Waals surface area contributed by atoms with Gasteiger partial charge in [0.1, 0.15) is 11.7 Å². The van der Waals surface area contributed by atoms with Gasteiger partial charge in [0.15, 0.2) is 0 Å². The molecule has 0 bridgehead atoms. The Morgan fingerprint density at radius 2 is 1.88 bits per heavy atom. The van der Waals surface area contributed by atoms with Crippen molar-refractivity contribution < 1.29 is 14.3 Å². The minimum atomic E-state index is -0.568. The van der Waals surface area contributed by atoms with Crippen LogP contribution < -0.4 is 10.6 Å². The summed E-state index contributed by atoms with van der Waals surface area (Å²) in [4.78, 5) is 36.2. The number of nitrogens with zero attached hydrogens (tertiary/aromatic N) is 4. The number of hydrogen-bond acceptors (Lipinski definition) is 6. The average molecular weight is 547 g/mol. The normalized spacial score (nSPS) is 19.7. The molecule has 2 aromatic heterocycles. The zero-order valence-electron chi connectivity index (χ0n) is 24.1. The number of likely N-dealkylation sites (N-methyl/N-ethyl adjacent to an activating group) is 1. The third-order valence-corrected chi connectivity index (χ3v) is 8.27. The van der Waals surface area contributed by atoms with E-state index in [1.165, 1.54) is 5.56 Å². The van der Waals surface area contributed by atoms with Gasteiger partial charge in [-0.15, -0.1) is 0 Å². The van der Waals surface area contributed by atoms with Crippen molar-refractivity contribution in [3.63, 3.8) is 0 Å². The average Bonchev–Trinajstić information content (AvgIpc) is 3.63. The summed E-state index contributed by atoms with van der Waals surface area (Å²) in [6.45, 7) is 4.59. The summed E-state index contributed by atoms with van der Waals surface area (Å²) < 4.78 is 7.62. The van der Waals surface area contributed by atoms with Crippen LogP contribution in [0.25, 0.3) is 16.8 Å². The number of hydrogen-bond donors (Lipinski definition) is 2. The summed E-state index contributed by atoms with van der Waals surface area (Å²) in [5, 5.41) is 6.07. The highest BCUT2D eigenvalue weighted by atomic mass is 16.5. The second-order valence-corrected chi connectivity index (χ2v) is 11.4. The topological polar surface area (TPSA) is 91.2 Å². The fourth-order valence-electron chi connectivity index (χ4n) is 5.93. The van der Waals surface area contributed by atoms with E-state index in [2.05, 4.69) is 70.6 Å². The van der Waals surface area contributed by atoms with Crippen LogP contribution in [0.3, 0.4) is 0 Å². The van der Waals surface area contributed by atoms with Gasteiger partial charge in [0, 0.05) is 44.3 Å². The van der Waals surface area contributed by atoms with Crippen LogP contribution in [-0.2, 0) is 20.9 Å². The molecule has 1 aromatic carbocycles. The van der Waals surface area contributed by atoms with Crippen LogP contribution in [0.15, 0.2) is 48.8 Å². The van der Waals surface area contributed by atoms with Crippen LogP contribution in [0.2, 0.25) is 0 Å². The zero-order valence-corrected chi connectivity index (χ0v) is 24.1. The fraction of sp³-hybridized carbons (Fsp3) is 0.516. The highest BCUT2D eigenvalue weighted by Crippen LogP contribution is 2.35. The van der Waals surface area contributed by atoms with E-state index in [0.29, 0.717) is 19.8 Å². The first kappa shape index (κ1) is 28.3. The number of likely N-dealkylation sites (tertiary alicyclic amines) is 1. The lowest BCUT2D eigenvalue weighted by molar-refractivity contribution is -0.140. The fourth-order valence-corrected chi connectivity index (χ4v) is 5.93. The molecule has 3 atom stereocenters. The second kappa shape index (κ2) is 12.5. The Kier molecular flexibility index (Phi) is 8.83. The van der Waals surface area contributed by atoms with Gasteiger partial charge in [-0.1, -0.05) is 24.3 Å². The molecule has 9 heteroatoms. The molecule has 2 amide bonds. The molecular formula is C31H42N6O3. The number of imidazole rings is 1. The third kappa shape index (κ3) is 6.06. The van der Waals surface area contributed by atoms with Crippen molar-refractivity contribution in [1.29, 1.82) is 0 Å². The van der Waals surface area contributed by atoms with Crippen LogP contribution in [0, 0.1) is 5.92 Å². The lowest BCUT2D eigenvalue weighted by Crippen LogP contribution is -2.56. The van der Waals surface area contributed by atoms with Crippen molar-refractivity contribution >= 4 is 17.5 Å². The maximum absolute atomic E-state index is 14.1. The van der Waals surface area contributed by atoms with Gasteiger partial charge in [0.25, 0.3) is 0 Å². The predicted octanol–water partition coefficient (Wildman–Crippen LogP) is 3.25. The van der Waals surface area contributed by atoms with Crippen LogP contribution in [0.4, 0.5) is 0 Å². The number of carbonyl (C=O) groups excluding carboxylic acids is 2. The van der Waals surface area contributed by atoms with E-state index in [4.69, 9.17) is 9.72 Å². The summed E-state index contributed by atoms with van der Waals surface area (Å²) in [6.07, 6.45) is 7.35. The van der Waals surface area contributed by atoms with Crippen LogP contribution in [0.1, 0.15) is 49.9 Å². The van der Waals surface area contributed by atoms with Crippen LogP contribution >= 0.6 is 0 Å². The first-order valence-electron chi connectivity index (χ1n) is 14.4. The Bertz CT molecular complexity index is 1310. The van der Waals surface area contributed by atoms with E-state index in [-0.39, 0.29) is 29.8 Å². The van der Waals surface area contributed by atoms with Gasteiger partial charge in [-0.25, -0.2) is 4.98 Å². The maximum Gasteiger partial charge on any atom is 0.246 e. The minimum Gasteiger partial charge on any atom is -0.381 e. The first-order chi connectivity index (χ1) is 19.4. The summed E-state index contributed by atoms with van der Waals surface area (Å²) in [6, 6.07) is 11.7. The standard InChI is InChI=1S/C31H42N6O3/c1-21(32-2)30(38)34-28(24-13-17-40-18-14-24)31(39)37-16-6-8-27(37)26-20-36-15-5-7-25(29(36)33-26)23-11-9-22(10-12-23)19-35(3)4/h5,7,9-12,15,20-21,24,27-28,32H,6,8,13-14,16-19H2,1-4H3,(H,34,38)/t21-,27-,28-/m0/s1. The number of fused-ring (bicyclic) bond motifs is 1. The molecule has 2 aliphatic rings. The lowest BCUT2D eigenvalue weighted by Gasteiger charge is -2.35. The molecule has 214 valence electrons. The number of pyridine rings is 1. The lowest BCUT2D eigenvalue weighted by atomic mass is 9.90. The molecule has 2 N–H and O–H groups in total. The van der Waals surface area contributed by atoms with Crippen molar-refractivity contribution in [2.45, 2.75) is 57.3 Å². The zero-order chi connectivity index (χ0) is 28.2. The van der Waals surface area contributed by atoms with Crippen LogP contribution in [0.5, 0.6) is 0 Å². The Morgan fingerprint density at radius 1 is 1.12 bits per heavy atom. The number of amides is 2. The van der Waals surface area contributed by atoms with Crippen molar-refractivity contribution in [3.8, 4) is 11.1 Å². The van der Waals surface area contributed by atoms with Gasteiger partial charge >= 0.3 is 0 Å². The van der Waals surface area contributed by atoms with E-state index in [9.17, 15) is 9.59 Å². The number of benzene rings is 1. The minimum absolute atomic E-state index is 0.0141. The molecule has 9 nitrogen and oxygen atoms in total. The second-order valence-electron chi connectivity index (χ2n) is 11.4. The summed E-state index contributed by atoms with van der Waals surface area (Å²) in [5.74, 6) is -0.115. The Labute approximate surface area is 236 Å². The molecular weight excluding hydrogens is 504 g/mol.